The number of hydrogen-bond acceptors (Lipinski definition) is 6. The molecule has 0 amide bonds. The van der Waals surface area contributed by atoms with Gasteiger partial charge in [-0.25, -0.2) is 4.98 Å². The number of carbonyl (C=O) groups excluding carboxylic acids is 1. The van der Waals surface area contributed by atoms with E-state index in [0.717, 1.165) is 5.03 Å². The quantitative estimate of drug-likeness (QED) is 0.620. The van der Waals surface area contributed by atoms with Crippen LogP contribution in [0.3, 0.4) is 0 Å². The highest BCUT2D eigenvalue weighted by atomic mass is 32.2. The molecule has 1 aromatic rings. The Morgan fingerprint density at radius 1 is 1.50 bits per heavy atom. The number of rotatable bonds is 5. The topological polar surface area (TPSA) is 74.4 Å². The van der Waals surface area contributed by atoms with Gasteiger partial charge in [-0.15, -0.1) is 11.8 Å². The van der Waals surface area contributed by atoms with Crippen LogP contribution in [0.25, 0.3) is 0 Å². The van der Waals surface area contributed by atoms with Crippen LogP contribution in [0.2, 0.25) is 0 Å². The molecule has 0 aliphatic carbocycles. The van der Waals surface area contributed by atoms with Crippen LogP contribution in [0.15, 0.2) is 17.2 Å². The maximum atomic E-state index is 10.9. The Kier molecular flexibility index (Phi) is 4.91. The summed E-state index contributed by atoms with van der Waals surface area (Å²) < 4.78 is 9.53. The van der Waals surface area contributed by atoms with Crippen LogP contribution in [-0.4, -0.2) is 30.9 Å². The average Bonchev–Trinajstić information content (AvgIpc) is 2.31. The molecule has 0 aliphatic rings. The zero-order valence-corrected chi connectivity index (χ0v) is 10.0. The van der Waals surface area contributed by atoms with Crippen molar-refractivity contribution in [3.63, 3.8) is 0 Å². The molecule has 2 N–H and O–H groups in total. The maximum Gasteiger partial charge on any atom is 0.306 e. The summed E-state index contributed by atoms with van der Waals surface area (Å²) in [6.45, 7) is 0. The minimum absolute atomic E-state index is 0.227. The Labute approximate surface area is 98.3 Å². The number of esters is 1. The number of carbonyl (C=O) groups is 1. The second kappa shape index (κ2) is 6.22. The maximum absolute atomic E-state index is 10.9. The Balaban J connectivity index is 2.51. The van der Waals surface area contributed by atoms with Crippen molar-refractivity contribution in [1.82, 2.24) is 4.98 Å². The van der Waals surface area contributed by atoms with Gasteiger partial charge in [0.15, 0.2) is 0 Å². The highest BCUT2D eigenvalue weighted by Crippen LogP contribution is 2.24. The first kappa shape index (κ1) is 12.6. The van der Waals surface area contributed by atoms with Crippen molar-refractivity contribution in [3.05, 3.63) is 12.1 Å². The summed E-state index contributed by atoms with van der Waals surface area (Å²) in [5, 5.41) is 0.773. The normalized spacial score (nSPS) is 9.88. The SMILES string of the molecule is COC(=O)CCSc1ccc(N)c(OC)n1. The summed E-state index contributed by atoms with van der Waals surface area (Å²) in [6.07, 6.45) is 0.357. The van der Waals surface area contributed by atoms with Crippen LogP contribution in [-0.2, 0) is 9.53 Å². The fourth-order valence-corrected chi connectivity index (χ4v) is 1.81. The van der Waals surface area contributed by atoms with E-state index in [2.05, 4.69) is 9.72 Å². The van der Waals surface area contributed by atoms with Gasteiger partial charge in [0.1, 0.15) is 5.03 Å². The number of anilines is 1. The minimum atomic E-state index is -0.227. The number of nitrogen functional groups attached to an aromatic ring is 1. The summed E-state index contributed by atoms with van der Waals surface area (Å²) >= 11 is 1.45. The zero-order chi connectivity index (χ0) is 12.0. The molecule has 1 heterocycles. The fraction of sp³-hybridized carbons (Fsp3) is 0.400. The van der Waals surface area contributed by atoms with Crippen molar-refractivity contribution < 1.29 is 14.3 Å². The van der Waals surface area contributed by atoms with Gasteiger partial charge >= 0.3 is 5.97 Å². The molecule has 0 bridgehead atoms. The Morgan fingerprint density at radius 2 is 2.25 bits per heavy atom. The Bertz CT molecular complexity index is 371. The Morgan fingerprint density at radius 3 is 2.88 bits per heavy atom. The number of ether oxygens (including phenoxy) is 2. The summed E-state index contributed by atoms with van der Waals surface area (Å²) in [7, 11) is 2.89. The molecule has 0 aromatic carbocycles. The van der Waals surface area contributed by atoms with Crippen LogP contribution >= 0.6 is 11.8 Å². The van der Waals surface area contributed by atoms with E-state index < -0.39 is 0 Å². The van der Waals surface area contributed by atoms with Gasteiger partial charge in [0.25, 0.3) is 0 Å². The van der Waals surface area contributed by atoms with E-state index in [-0.39, 0.29) is 5.97 Å². The van der Waals surface area contributed by atoms with Crippen molar-refractivity contribution in [2.24, 2.45) is 0 Å². The lowest BCUT2D eigenvalue weighted by Gasteiger charge is -2.05. The summed E-state index contributed by atoms with van der Waals surface area (Å²) in [5.74, 6) is 0.796. The first-order valence-corrected chi connectivity index (χ1v) is 5.66. The molecule has 0 radical (unpaired) electrons. The van der Waals surface area contributed by atoms with Gasteiger partial charge in [-0.1, -0.05) is 0 Å². The van der Waals surface area contributed by atoms with Crippen LogP contribution < -0.4 is 10.5 Å². The molecule has 6 heteroatoms. The molecule has 16 heavy (non-hydrogen) atoms. The average molecular weight is 242 g/mol. The molecule has 1 aromatic heterocycles. The summed E-state index contributed by atoms with van der Waals surface area (Å²) in [6, 6.07) is 3.52. The lowest BCUT2D eigenvalue weighted by molar-refractivity contribution is -0.140. The molecule has 0 spiro atoms. The van der Waals surface area contributed by atoms with Gasteiger partial charge in [0.2, 0.25) is 5.88 Å². The van der Waals surface area contributed by atoms with E-state index in [1.54, 1.807) is 12.1 Å². The van der Waals surface area contributed by atoms with Gasteiger partial charge in [-0.05, 0) is 12.1 Å². The number of nitrogens with zero attached hydrogens (tertiary/aromatic N) is 1. The third-order valence-electron chi connectivity index (χ3n) is 1.84. The van der Waals surface area contributed by atoms with Crippen LogP contribution in [0, 0.1) is 0 Å². The third-order valence-corrected chi connectivity index (χ3v) is 2.77. The molecule has 0 saturated heterocycles. The lowest BCUT2D eigenvalue weighted by Crippen LogP contribution is -2.01. The molecule has 5 nitrogen and oxygen atoms in total. The van der Waals surface area contributed by atoms with E-state index in [1.165, 1.54) is 26.0 Å². The van der Waals surface area contributed by atoms with Gasteiger partial charge in [0, 0.05) is 5.75 Å². The number of hydrogen-bond donors (Lipinski definition) is 1. The minimum Gasteiger partial charge on any atom is -0.480 e. The van der Waals surface area contributed by atoms with Gasteiger partial charge < -0.3 is 15.2 Å². The van der Waals surface area contributed by atoms with E-state index in [0.29, 0.717) is 23.7 Å². The highest BCUT2D eigenvalue weighted by molar-refractivity contribution is 7.99. The molecule has 0 aliphatic heterocycles. The van der Waals surface area contributed by atoms with Crippen molar-refractivity contribution in [1.29, 1.82) is 0 Å². The van der Waals surface area contributed by atoms with Crippen molar-refractivity contribution >= 4 is 23.4 Å². The number of aromatic nitrogens is 1. The number of pyridine rings is 1. The number of nitrogens with two attached hydrogens (primary N) is 1. The second-order valence-corrected chi connectivity index (χ2v) is 4.04. The summed E-state index contributed by atoms with van der Waals surface area (Å²) in [5.41, 5.74) is 6.13. The van der Waals surface area contributed by atoms with Crippen molar-refractivity contribution in [2.75, 3.05) is 25.7 Å². The standard InChI is InChI=1S/C10H14N2O3S/c1-14-9(13)5-6-16-8-4-3-7(11)10(12-8)15-2/h3-4H,5-6,11H2,1-2H3. The molecule has 0 unspecified atom stereocenters. The molecule has 0 fully saturated rings. The predicted molar refractivity (Wildman–Crippen MR) is 62.6 cm³/mol. The van der Waals surface area contributed by atoms with Crippen molar-refractivity contribution in [3.8, 4) is 5.88 Å². The van der Waals surface area contributed by atoms with Crippen LogP contribution in [0.1, 0.15) is 6.42 Å². The fourth-order valence-electron chi connectivity index (χ4n) is 1.02. The highest BCUT2D eigenvalue weighted by Gasteiger charge is 2.05. The van der Waals surface area contributed by atoms with Gasteiger partial charge in [0.05, 0.1) is 26.3 Å². The van der Waals surface area contributed by atoms with E-state index in [4.69, 9.17) is 10.5 Å². The molecule has 1 rings (SSSR count). The van der Waals surface area contributed by atoms with E-state index >= 15 is 0 Å². The first-order chi connectivity index (χ1) is 7.67. The zero-order valence-electron chi connectivity index (χ0n) is 9.23. The third kappa shape index (κ3) is 3.62. The molecule has 0 saturated carbocycles. The van der Waals surface area contributed by atoms with E-state index in [1.807, 2.05) is 0 Å². The molecule has 88 valence electrons. The molecular weight excluding hydrogens is 228 g/mol. The van der Waals surface area contributed by atoms with Crippen LogP contribution in [0.5, 0.6) is 5.88 Å². The predicted octanol–water partition coefficient (Wildman–Crippen LogP) is 1.33. The second-order valence-electron chi connectivity index (χ2n) is 2.92. The first-order valence-electron chi connectivity index (χ1n) is 4.67. The lowest BCUT2D eigenvalue weighted by atomic mass is 10.4. The van der Waals surface area contributed by atoms with Crippen LogP contribution in [0.4, 0.5) is 5.69 Å². The van der Waals surface area contributed by atoms with E-state index in [9.17, 15) is 4.79 Å². The summed E-state index contributed by atoms with van der Waals surface area (Å²) in [4.78, 5) is 15.1. The smallest absolute Gasteiger partial charge is 0.306 e. The molecular formula is C10H14N2O3S. The van der Waals surface area contributed by atoms with Gasteiger partial charge in [-0.2, -0.15) is 0 Å². The van der Waals surface area contributed by atoms with Crippen molar-refractivity contribution in [2.45, 2.75) is 11.4 Å². The monoisotopic (exact) mass is 242 g/mol. The number of thioether (sulfide) groups is 1. The molecule has 0 atom stereocenters. The largest absolute Gasteiger partial charge is 0.480 e. The number of methoxy groups -OCH3 is 2. The Hall–Kier alpha value is -1.43. The van der Waals surface area contributed by atoms with Gasteiger partial charge in [-0.3, -0.25) is 4.79 Å².